The maximum atomic E-state index is 5.75. The van der Waals surface area contributed by atoms with Gasteiger partial charge in [0.15, 0.2) is 0 Å². The highest BCUT2D eigenvalue weighted by Gasteiger charge is 2.03. The van der Waals surface area contributed by atoms with Gasteiger partial charge in [-0.15, -0.1) is 0 Å². The lowest BCUT2D eigenvalue weighted by molar-refractivity contribution is 0.183. The smallest absolute Gasteiger partial charge is 0.134 e. The van der Waals surface area contributed by atoms with E-state index in [2.05, 4.69) is 16.5 Å². The quantitative estimate of drug-likeness (QED) is 0.749. The van der Waals surface area contributed by atoms with Crippen molar-refractivity contribution in [1.29, 1.82) is 0 Å². The van der Waals surface area contributed by atoms with Crippen molar-refractivity contribution >= 4 is 16.7 Å². The average molecular weight is 271 g/mol. The summed E-state index contributed by atoms with van der Waals surface area (Å²) >= 11 is 0. The van der Waals surface area contributed by atoms with E-state index in [1.807, 2.05) is 35.1 Å². The van der Waals surface area contributed by atoms with Crippen molar-refractivity contribution in [3.63, 3.8) is 0 Å². The zero-order chi connectivity index (χ0) is 13.8. The molecule has 0 bridgehead atoms. The second kappa shape index (κ2) is 5.79. The molecule has 0 aliphatic carbocycles. The molecule has 0 atom stereocenters. The summed E-state index contributed by atoms with van der Waals surface area (Å²) in [5, 5.41) is 8.68. The number of para-hydroxylation sites is 1. The lowest BCUT2D eigenvalue weighted by atomic mass is 10.2. The number of ether oxygens (including phenoxy) is 1. The number of aromatic nitrogens is 2. The Morgan fingerprint density at radius 2 is 2.25 bits per heavy atom. The minimum Gasteiger partial charge on any atom is -0.459 e. The number of methoxy groups -OCH3 is 1. The molecule has 20 heavy (non-hydrogen) atoms. The Labute approximate surface area is 117 Å². The number of furan rings is 1. The summed E-state index contributed by atoms with van der Waals surface area (Å²) in [4.78, 5) is 0. The standard InChI is InChI=1S/C15H17N3O2/c1-19-7-6-18-11-13(9-17-18)16-10-14-8-12-4-2-3-5-15(12)20-14/h2-5,8-9,11,16H,6-7,10H2,1H3. The number of anilines is 1. The normalized spacial score (nSPS) is 11.1. The topological polar surface area (TPSA) is 52.2 Å². The first-order valence-electron chi connectivity index (χ1n) is 6.58. The molecule has 0 aliphatic rings. The number of fused-ring (bicyclic) bond motifs is 1. The van der Waals surface area contributed by atoms with E-state index in [0.29, 0.717) is 13.2 Å². The van der Waals surface area contributed by atoms with Crippen molar-refractivity contribution in [3.8, 4) is 0 Å². The summed E-state index contributed by atoms with van der Waals surface area (Å²) in [6.07, 6.45) is 3.76. The van der Waals surface area contributed by atoms with Crippen LogP contribution in [0.5, 0.6) is 0 Å². The first kappa shape index (κ1) is 12.7. The molecule has 0 aliphatic heterocycles. The number of rotatable bonds is 6. The molecule has 1 aromatic carbocycles. The van der Waals surface area contributed by atoms with E-state index >= 15 is 0 Å². The molecule has 3 aromatic rings. The molecule has 0 saturated carbocycles. The van der Waals surface area contributed by atoms with E-state index in [4.69, 9.17) is 9.15 Å². The van der Waals surface area contributed by atoms with Crippen LogP contribution in [0.3, 0.4) is 0 Å². The third-order valence-electron chi connectivity index (χ3n) is 3.10. The van der Waals surface area contributed by atoms with E-state index in [0.717, 1.165) is 29.0 Å². The van der Waals surface area contributed by atoms with Gasteiger partial charge in [-0.2, -0.15) is 5.10 Å². The Morgan fingerprint density at radius 3 is 3.10 bits per heavy atom. The van der Waals surface area contributed by atoms with Crippen molar-refractivity contribution < 1.29 is 9.15 Å². The van der Waals surface area contributed by atoms with Crippen LogP contribution in [0.15, 0.2) is 47.1 Å². The first-order valence-corrected chi connectivity index (χ1v) is 6.58. The Balaban J connectivity index is 1.62. The molecule has 1 N–H and O–H groups in total. The highest BCUT2D eigenvalue weighted by Crippen LogP contribution is 2.19. The number of nitrogens with one attached hydrogen (secondary N) is 1. The van der Waals surface area contributed by atoms with Gasteiger partial charge in [0.1, 0.15) is 11.3 Å². The van der Waals surface area contributed by atoms with Gasteiger partial charge in [-0.3, -0.25) is 4.68 Å². The second-order valence-corrected chi connectivity index (χ2v) is 4.59. The molecule has 0 unspecified atom stereocenters. The molecule has 3 rings (SSSR count). The van der Waals surface area contributed by atoms with E-state index in [-0.39, 0.29) is 0 Å². The van der Waals surface area contributed by atoms with Crippen molar-refractivity contribution in [2.45, 2.75) is 13.1 Å². The van der Waals surface area contributed by atoms with E-state index in [1.54, 1.807) is 13.3 Å². The van der Waals surface area contributed by atoms with Crippen molar-refractivity contribution in [1.82, 2.24) is 9.78 Å². The highest BCUT2D eigenvalue weighted by atomic mass is 16.5. The molecular weight excluding hydrogens is 254 g/mol. The van der Waals surface area contributed by atoms with Crippen LogP contribution in [0.2, 0.25) is 0 Å². The lowest BCUT2D eigenvalue weighted by Crippen LogP contribution is -2.04. The fourth-order valence-electron chi connectivity index (χ4n) is 2.08. The maximum Gasteiger partial charge on any atom is 0.134 e. The van der Waals surface area contributed by atoms with Crippen molar-refractivity contribution in [3.05, 3.63) is 48.5 Å². The van der Waals surface area contributed by atoms with Crippen LogP contribution in [-0.4, -0.2) is 23.5 Å². The van der Waals surface area contributed by atoms with Crippen LogP contribution in [0, 0.1) is 0 Å². The fraction of sp³-hybridized carbons (Fsp3) is 0.267. The third-order valence-corrected chi connectivity index (χ3v) is 3.10. The second-order valence-electron chi connectivity index (χ2n) is 4.59. The summed E-state index contributed by atoms with van der Waals surface area (Å²) in [7, 11) is 1.68. The predicted octanol–water partition coefficient (Wildman–Crippen LogP) is 2.89. The van der Waals surface area contributed by atoms with Crippen LogP contribution in [0.1, 0.15) is 5.76 Å². The van der Waals surface area contributed by atoms with E-state index in [1.165, 1.54) is 0 Å². The number of hydrogen-bond acceptors (Lipinski definition) is 4. The van der Waals surface area contributed by atoms with Gasteiger partial charge >= 0.3 is 0 Å². The average Bonchev–Trinajstić information content (AvgIpc) is 3.09. The van der Waals surface area contributed by atoms with E-state index < -0.39 is 0 Å². The lowest BCUT2D eigenvalue weighted by Gasteiger charge is -2.00. The Hall–Kier alpha value is -2.27. The molecule has 0 radical (unpaired) electrons. The largest absolute Gasteiger partial charge is 0.459 e. The Kier molecular flexibility index (Phi) is 3.69. The van der Waals surface area contributed by atoms with Gasteiger partial charge in [0, 0.05) is 18.7 Å². The van der Waals surface area contributed by atoms with Gasteiger partial charge in [-0.25, -0.2) is 0 Å². The number of benzene rings is 1. The van der Waals surface area contributed by atoms with Crippen LogP contribution < -0.4 is 5.32 Å². The summed E-state index contributed by atoms with van der Waals surface area (Å²) in [5.74, 6) is 0.913. The van der Waals surface area contributed by atoms with Gasteiger partial charge in [0.25, 0.3) is 0 Å². The maximum absolute atomic E-state index is 5.75. The van der Waals surface area contributed by atoms with Gasteiger partial charge in [0.05, 0.1) is 31.6 Å². The molecule has 2 aromatic heterocycles. The van der Waals surface area contributed by atoms with Crippen LogP contribution >= 0.6 is 0 Å². The van der Waals surface area contributed by atoms with Crippen LogP contribution in [0.25, 0.3) is 11.0 Å². The molecule has 0 amide bonds. The predicted molar refractivity (Wildman–Crippen MR) is 77.6 cm³/mol. The minimum absolute atomic E-state index is 0.644. The Morgan fingerprint density at radius 1 is 1.35 bits per heavy atom. The molecular formula is C15H17N3O2. The molecule has 0 saturated heterocycles. The van der Waals surface area contributed by atoms with Gasteiger partial charge in [-0.05, 0) is 12.1 Å². The Bertz CT molecular complexity index is 654. The summed E-state index contributed by atoms with van der Waals surface area (Å²) in [5.41, 5.74) is 1.89. The highest BCUT2D eigenvalue weighted by molar-refractivity contribution is 5.77. The van der Waals surface area contributed by atoms with Gasteiger partial charge < -0.3 is 14.5 Å². The first-order chi connectivity index (χ1) is 9.85. The van der Waals surface area contributed by atoms with Crippen molar-refractivity contribution in [2.24, 2.45) is 0 Å². The van der Waals surface area contributed by atoms with Crippen molar-refractivity contribution in [2.75, 3.05) is 19.0 Å². The minimum atomic E-state index is 0.644. The summed E-state index contributed by atoms with van der Waals surface area (Å²) in [6, 6.07) is 10.1. The third kappa shape index (κ3) is 2.83. The molecule has 5 nitrogen and oxygen atoms in total. The zero-order valence-corrected chi connectivity index (χ0v) is 11.4. The van der Waals surface area contributed by atoms with Crippen LogP contribution in [0.4, 0.5) is 5.69 Å². The fourth-order valence-corrected chi connectivity index (χ4v) is 2.08. The van der Waals surface area contributed by atoms with Gasteiger partial charge in [0.2, 0.25) is 0 Å². The molecule has 104 valence electrons. The number of nitrogens with zero attached hydrogens (tertiary/aromatic N) is 2. The van der Waals surface area contributed by atoms with E-state index in [9.17, 15) is 0 Å². The SMILES string of the molecule is COCCn1cc(NCc2cc3ccccc3o2)cn1. The molecule has 2 heterocycles. The van der Waals surface area contributed by atoms with Gasteiger partial charge in [-0.1, -0.05) is 18.2 Å². The number of hydrogen-bond donors (Lipinski definition) is 1. The summed E-state index contributed by atoms with van der Waals surface area (Å²) in [6.45, 7) is 2.05. The summed E-state index contributed by atoms with van der Waals surface area (Å²) < 4.78 is 12.6. The molecule has 5 heteroatoms. The molecule has 0 fully saturated rings. The zero-order valence-electron chi connectivity index (χ0n) is 11.4. The molecule has 0 spiro atoms. The van der Waals surface area contributed by atoms with Crippen LogP contribution in [-0.2, 0) is 17.8 Å². The monoisotopic (exact) mass is 271 g/mol.